The van der Waals surface area contributed by atoms with Gasteiger partial charge in [-0.2, -0.15) is 12.7 Å². The second-order valence-electron chi connectivity index (χ2n) is 2.46. The van der Waals surface area contributed by atoms with Gasteiger partial charge in [-0.1, -0.05) is 4.13 Å². The summed E-state index contributed by atoms with van der Waals surface area (Å²) in [5.41, 5.74) is 0. The third-order valence-electron chi connectivity index (χ3n) is 1.24. The molecule has 0 aromatic carbocycles. The summed E-state index contributed by atoms with van der Waals surface area (Å²) in [4.78, 5) is 21.8. The van der Waals surface area contributed by atoms with Gasteiger partial charge in [-0.3, -0.25) is 9.59 Å². The van der Waals surface area contributed by atoms with Gasteiger partial charge in [0.25, 0.3) is 11.8 Å². The van der Waals surface area contributed by atoms with Crippen LogP contribution in [0.3, 0.4) is 0 Å². The highest BCUT2D eigenvalue weighted by Crippen LogP contribution is 2.09. The Balaban J connectivity index is 3.09. The molecular weight excluding hydrogens is 251 g/mol. The standard InChI is InChI=1S/C5H5FN2O5S2/c1-14(6,11)7-15(12,13)8-4(9)2-3-5(8)10/h2-3H,1H2,(H,7,11). The SMILES string of the molecule is C=S(=O)(F)NS(=O)(=O)N1C(=O)C=CC1=O. The lowest BCUT2D eigenvalue weighted by molar-refractivity contribution is -0.130. The van der Waals surface area contributed by atoms with Crippen molar-refractivity contribution >= 4 is 38.0 Å². The van der Waals surface area contributed by atoms with E-state index in [2.05, 4.69) is 5.87 Å². The maximum atomic E-state index is 12.4. The molecule has 1 heterocycles. The molecule has 0 saturated heterocycles. The number of carbonyl (C=O) groups is 2. The minimum absolute atomic E-state index is 0.253. The van der Waals surface area contributed by atoms with Gasteiger partial charge in [0.15, 0.2) is 10.1 Å². The van der Waals surface area contributed by atoms with Crippen molar-refractivity contribution in [3.05, 3.63) is 12.2 Å². The van der Waals surface area contributed by atoms with Gasteiger partial charge < -0.3 is 0 Å². The molecule has 0 bridgehead atoms. The summed E-state index contributed by atoms with van der Waals surface area (Å²) in [5.74, 6) is 0.0378. The van der Waals surface area contributed by atoms with Crippen molar-refractivity contribution in [2.24, 2.45) is 0 Å². The number of imide groups is 1. The molecule has 0 aliphatic carbocycles. The van der Waals surface area contributed by atoms with E-state index in [4.69, 9.17) is 0 Å². The highest BCUT2D eigenvalue weighted by Gasteiger charge is 2.36. The van der Waals surface area contributed by atoms with Crippen LogP contribution >= 0.6 is 0 Å². The molecule has 0 saturated carbocycles. The van der Waals surface area contributed by atoms with Gasteiger partial charge in [0.1, 0.15) is 0 Å². The van der Waals surface area contributed by atoms with Gasteiger partial charge in [-0.05, 0) is 5.87 Å². The Labute approximate surface area is 85.2 Å². The van der Waals surface area contributed by atoms with Gasteiger partial charge in [0, 0.05) is 12.2 Å². The van der Waals surface area contributed by atoms with Gasteiger partial charge in [0.05, 0.1) is 0 Å². The molecule has 2 amide bonds. The zero-order valence-electron chi connectivity index (χ0n) is 7.04. The zero-order chi connectivity index (χ0) is 11.9. The normalized spacial score (nSPS) is 20.7. The van der Waals surface area contributed by atoms with Crippen LogP contribution in [0.25, 0.3) is 0 Å². The number of carbonyl (C=O) groups excluding carboxylic acids is 2. The minimum Gasteiger partial charge on any atom is -0.268 e. The fraction of sp³-hybridized carbons (Fsp3) is 0. The predicted octanol–water partition coefficient (Wildman–Crippen LogP) is -1.74. The smallest absolute Gasteiger partial charge is 0.268 e. The molecule has 1 N–H and O–H groups in total. The molecule has 1 rings (SSSR count). The maximum Gasteiger partial charge on any atom is 0.323 e. The molecule has 7 nitrogen and oxygen atoms in total. The molecule has 0 aromatic heterocycles. The Hall–Kier alpha value is -1.26. The molecule has 1 aliphatic heterocycles. The minimum atomic E-state index is -4.81. The van der Waals surface area contributed by atoms with Crippen molar-refractivity contribution in [3.63, 3.8) is 0 Å². The maximum absolute atomic E-state index is 12.4. The number of nitrogens with one attached hydrogen (secondary N) is 1. The number of rotatable bonds is 3. The van der Waals surface area contributed by atoms with Crippen LogP contribution in [0.2, 0.25) is 0 Å². The van der Waals surface area contributed by atoms with E-state index in [0.29, 0.717) is 12.2 Å². The fourth-order valence-electron chi connectivity index (χ4n) is 0.818. The van der Waals surface area contributed by atoms with E-state index in [-0.39, 0.29) is 4.31 Å². The van der Waals surface area contributed by atoms with Crippen molar-refractivity contribution in [2.75, 3.05) is 0 Å². The average molecular weight is 256 g/mol. The highest BCUT2D eigenvalue weighted by atomic mass is 32.3. The van der Waals surface area contributed by atoms with E-state index < -0.39 is 32.1 Å². The fourth-order valence-corrected chi connectivity index (χ4v) is 2.97. The summed E-state index contributed by atoms with van der Waals surface area (Å²) in [6.07, 6.45) is 1.37. The second kappa shape index (κ2) is 3.40. The molecule has 0 fully saturated rings. The molecule has 0 spiro atoms. The van der Waals surface area contributed by atoms with Crippen molar-refractivity contribution in [2.45, 2.75) is 0 Å². The van der Waals surface area contributed by atoms with E-state index >= 15 is 0 Å². The van der Waals surface area contributed by atoms with Crippen LogP contribution in [0.4, 0.5) is 3.89 Å². The number of hydrogen-bond donors (Lipinski definition) is 1. The van der Waals surface area contributed by atoms with Crippen LogP contribution in [0.5, 0.6) is 0 Å². The molecule has 84 valence electrons. The first-order valence-electron chi connectivity index (χ1n) is 3.30. The molecular formula is C5H5FN2O5S2. The van der Waals surface area contributed by atoms with Crippen LogP contribution in [0.15, 0.2) is 12.2 Å². The summed E-state index contributed by atoms with van der Waals surface area (Å²) in [5, 5.41) is 0. The Morgan fingerprint density at radius 3 is 1.93 bits per heavy atom. The van der Waals surface area contributed by atoms with Crippen molar-refractivity contribution in [3.8, 4) is 0 Å². The topological polar surface area (TPSA) is 101 Å². The Morgan fingerprint density at radius 1 is 1.20 bits per heavy atom. The van der Waals surface area contributed by atoms with Crippen LogP contribution in [0, 0.1) is 0 Å². The molecule has 15 heavy (non-hydrogen) atoms. The van der Waals surface area contributed by atoms with E-state index in [1.54, 1.807) is 0 Å². The first-order chi connectivity index (χ1) is 6.63. The first-order valence-corrected chi connectivity index (χ1v) is 6.37. The van der Waals surface area contributed by atoms with Crippen LogP contribution < -0.4 is 4.13 Å². The van der Waals surface area contributed by atoms with Crippen molar-refractivity contribution < 1.29 is 26.1 Å². The van der Waals surface area contributed by atoms with E-state index in [9.17, 15) is 26.1 Å². The Morgan fingerprint density at radius 2 is 1.60 bits per heavy atom. The summed E-state index contributed by atoms with van der Waals surface area (Å²) in [6.45, 7) is 0. The molecule has 0 radical (unpaired) electrons. The Kier molecular flexibility index (Phi) is 2.67. The van der Waals surface area contributed by atoms with Crippen molar-refractivity contribution in [1.82, 2.24) is 8.43 Å². The summed E-state index contributed by atoms with van der Waals surface area (Å²) < 4.78 is 45.9. The lowest BCUT2D eigenvalue weighted by Crippen LogP contribution is -2.45. The van der Waals surface area contributed by atoms with Crippen LogP contribution in [0.1, 0.15) is 0 Å². The lowest BCUT2D eigenvalue weighted by atomic mass is 10.6. The van der Waals surface area contributed by atoms with E-state index in [0.717, 1.165) is 4.13 Å². The van der Waals surface area contributed by atoms with Gasteiger partial charge in [-0.15, -0.1) is 3.89 Å². The number of hydrogen-bond acceptors (Lipinski definition) is 5. The van der Waals surface area contributed by atoms with Crippen molar-refractivity contribution in [1.29, 1.82) is 0 Å². The molecule has 1 atom stereocenters. The zero-order valence-corrected chi connectivity index (χ0v) is 8.68. The van der Waals surface area contributed by atoms with Gasteiger partial charge in [0.2, 0.25) is 0 Å². The monoisotopic (exact) mass is 256 g/mol. The van der Waals surface area contributed by atoms with Gasteiger partial charge in [-0.25, -0.2) is 4.21 Å². The number of amides is 2. The third-order valence-corrected chi connectivity index (χ3v) is 3.92. The summed E-state index contributed by atoms with van der Waals surface area (Å²) >= 11 is 0. The summed E-state index contributed by atoms with van der Waals surface area (Å²) in [7, 11) is -9.39. The van der Waals surface area contributed by atoms with Gasteiger partial charge >= 0.3 is 10.2 Å². The van der Waals surface area contributed by atoms with Crippen LogP contribution in [-0.4, -0.2) is 34.6 Å². The number of nitrogens with zero attached hydrogens (tertiary/aromatic N) is 1. The number of halogens is 1. The molecule has 1 unspecified atom stereocenters. The first kappa shape index (κ1) is 11.8. The Bertz CT molecular complexity index is 528. The molecule has 10 heteroatoms. The average Bonchev–Trinajstić information content (AvgIpc) is 2.25. The lowest BCUT2D eigenvalue weighted by Gasteiger charge is -2.13. The quantitative estimate of drug-likeness (QED) is 0.367. The van der Waals surface area contributed by atoms with E-state index in [1.165, 1.54) is 0 Å². The third kappa shape index (κ3) is 2.61. The molecule has 0 aromatic rings. The largest absolute Gasteiger partial charge is 0.323 e. The predicted molar refractivity (Wildman–Crippen MR) is 49.4 cm³/mol. The van der Waals surface area contributed by atoms with Crippen LogP contribution in [-0.2, 0) is 29.9 Å². The second-order valence-corrected chi connectivity index (χ2v) is 5.63. The summed E-state index contributed by atoms with van der Waals surface area (Å²) in [6, 6.07) is 0. The molecule has 1 aliphatic rings. The van der Waals surface area contributed by atoms with E-state index in [1.807, 2.05) is 0 Å². The highest BCUT2D eigenvalue weighted by molar-refractivity contribution is 8.06.